The van der Waals surface area contributed by atoms with E-state index in [1.807, 2.05) is 4.72 Å². The zero-order valence-electron chi connectivity index (χ0n) is 17.9. The summed E-state index contributed by atoms with van der Waals surface area (Å²) in [7, 11) is -4.46. The number of benzene rings is 2. The van der Waals surface area contributed by atoms with Gasteiger partial charge in [0.15, 0.2) is 0 Å². The molecular weight excluding hydrogens is 515 g/mol. The van der Waals surface area contributed by atoms with E-state index in [4.69, 9.17) is 0 Å². The molecule has 1 N–H and O–H groups in total. The van der Waals surface area contributed by atoms with Crippen LogP contribution in [0, 0.1) is 11.6 Å². The van der Waals surface area contributed by atoms with Crippen molar-refractivity contribution in [1.82, 2.24) is 14.3 Å². The van der Waals surface area contributed by atoms with Gasteiger partial charge < -0.3 is 0 Å². The fourth-order valence-corrected chi connectivity index (χ4v) is 5.73. The number of anilines is 1. The molecule has 2 atom stereocenters. The number of hydrogen-bond donors (Lipinski definition) is 1. The second kappa shape index (κ2) is 10.1. The summed E-state index contributed by atoms with van der Waals surface area (Å²) in [6.07, 6.45) is -4.74. The van der Waals surface area contributed by atoms with Crippen LogP contribution in [0.25, 0.3) is 0 Å². The first-order valence-corrected chi connectivity index (χ1v) is 12.6. The maximum absolute atomic E-state index is 14.9. The molecule has 1 saturated heterocycles. The molecule has 0 saturated carbocycles. The largest absolute Gasteiger partial charge is 0.522 e. The van der Waals surface area contributed by atoms with E-state index >= 15 is 0 Å². The summed E-state index contributed by atoms with van der Waals surface area (Å²) in [5.74, 6) is -2.14. The van der Waals surface area contributed by atoms with Crippen LogP contribution in [0.15, 0.2) is 53.7 Å². The average molecular weight is 535 g/mol. The first kappa shape index (κ1) is 25.4. The highest BCUT2D eigenvalue weighted by atomic mass is 32.2. The van der Waals surface area contributed by atoms with Crippen molar-refractivity contribution in [2.75, 3.05) is 11.3 Å². The van der Waals surface area contributed by atoms with Crippen LogP contribution in [0.3, 0.4) is 0 Å². The summed E-state index contributed by atoms with van der Waals surface area (Å²) >= 11 is 0.728. The van der Waals surface area contributed by atoms with Gasteiger partial charge in [-0.05, 0) is 30.5 Å². The number of halogens is 5. The summed E-state index contributed by atoms with van der Waals surface area (Å²) in [6, 6.07) is 9.49. The summed E-state index contributed by atoms with van der Waals surface area (Å²) in [5, 5.41) is -0.108. The summed E-state index contributed by atoms with van der Waals surface area (Å²) in [5.41, 5.74) is 0.567. The summed E-state index contributed by atoms with van der Waals surface area (Å²) in [4.78, 5) is 4.47. The number of ether oxygens (including phenoxy) is 1. The Morgan fingerprint density at radius 1 is 1.14 bits per heavy atom. The molecular formula is C21H19F5N4O3S2. The van der Waals surface area contributed by atoms with Crippen LogP contribution in [0.4, 0.5) is 27.1 Å². The predicted molar refractivity (Wildman–Crippen MR) is 117 cm³/mol. The van der Waals surface area contributed by atoms with Gasteiger partial charge in [-0.15, -0.1) is 13.2 Å². The summed E-state index contributed by atoms with van der Waals surface area (Å²) in [6.45, 7) is -0.0226. The molecule has 4 rings (SSSR count). The standard InChI is InChI=1S/C21H19F5N4O3S2/c22-16-10-19(35(31,32)29-20-27-12-28-34-20)17(23)8-14(16)11-30-7-6-15(33-21(24,25)26)9-18(30)13-4-2-1-3-5-13/h1-5,8,10,12,15,18H,6-7,9,11H2,(H,27,28,29)/t15-,18-/m1/s1. The van der Waals surface area contributed by atoms with Crippen LogP contribution in [0.5, 0.6) is 0 Å². The SMILES string of the molecule is O=S(=O)(Nc1ncns1)c1cc(F)c(CN2CC[C@@H](OC(F)(F)F)C[C@@H]2c2ccccc2)cc1F. The molecule has 0 bridgehead atoms. The van der Waals surface area contributed by atoms with Crippen LogP contribution >= 0.6 is 11.5 Å². The van der Waals surface area contributed by atoms with Gasteiger partial charge in [-0.2, -0.15) is 4.37 Å². The molecule has 35 heavy (non-hydrogen) atoms. The molecule has 7 nitrogen and oxygen atoms in total. The van der Waals surface area contributed by atoms with Gasteiger partial charge in [0.05, 0.1) is 6.10 Å². The van der Waals surface area contributed by atoms with E-state index in [1.165, 1.54) is 0 Å². The van der Waals surface area contributed by atoms with E-state index < -0.39 is 45.1 Å². The van der Waals surface area contributed by atoms with Gasteiger partial charge >= 0.3 is 6.36 Å². The highest BCUT2D eigenvalue weighted by molar-refractivity contribution is 7.93. The number of hydrogen-bond acceptors (Lipinski definition) is 7. The van der Waals surface area contributed by atoms with Crippen LogP contribution in [0.1, 0.15) is 30.0 Å². The van der Waals surface area contributed by atoms with E-state index in [-0.39, 0.29) is 36.6 Å². The highest BCUT2D eigenvalue weighted by Crippen LogP contribution is 2.36. The lowest BCUT2D eigenvalue weighted by atomic mass is 9.92. The van der Waals surface area contributed by atoms with Crippen molar-refractivity contribution in [3.8, 4) is 0 Å². The molecule has 2 aromatic carbocycles. The fraction of sp³-hybridized carbons (Fsp3) is 0.333. The van der Waals surface area contributed by atoms with Crippen LogP contribution in [0.2, 0.25) is 0 Å². The third-order valence-electron chi connectivity index (χ3n) is 5.50. The normalized spacial score (nSPS) is 19.6. The zero-order chi connectivity index (χ0) is 25.2. The number of likely N-dealkylation sites (tertiary alicyclic amines) is 1. The van der Waals surface area contributed by atoms with Gasteiger partial charge in [0.25, 0.3) is 10.0 Å². The monoisotopic (exact) mass is 534 g/mol. The van der Waals surface area contributed by atoms with Gasteiger partial charge in [-0.1, -0.05) is 30.3 Å². The van der Waals surface area contributed by atoms with Gasteiger partial charge in [-0.25, -0.2) is 22.2 Å². The minimum Gasteiger partial charge on any atom is -0.292 e. The molecule has 0 spiro atoms. The van der Waals surface area contributed by atoms with Crippen molar-refractivity contribution in [3.63, 3.8) is 0 Å². The predicted octanol–water partition coefficient (Wildman–Crippen LogP) is 4.86. The third kappa shape index (κ3) is 6.31. The van der Waals surface area contributed by atoms with E-state index in [0.717, 1.165) is 23.9 Å². The second-order valence-corrected chi connectivity index (χ2v) is 10.3. The number of piperidine rings is 1. The highest BCUT2D eigenvalue weighted by Gasteiger charge is 2.38. The molecule has 14 heteroatoms. The molecule has 3 aromatic rings. The Bertz CT molecular complexity index is 1260. The number of alkyl halides is 3. The van der Waals surface area contributed by atoms with Crippen molar-refractivity contribution >= 4 is 26.7 Å². The van der Waals surface area contributed by atoms with Crippen molar-refractivity contribution in [3.05, 3.63) is 71.6 Å². The molecule has 0 aliphatic carbocycles. The van der Waals surface area contributed by atoms with E-state index in [9.17, 15) is 30.4 Å². The number of sulfonamides is 1. The fourth-order valence-electron chi connectivity index (χ4n) is 3.99. The van der Waals surface area contributed by atoms with E-state index in [1.54, 1.807) is 35.2 Å². The van der Waals surface area contributed by atoms with Crippen molar-refractivity contribution in [1.29, 1.82) is 0 Å². The smallest absolute Gasteiger partial charge is 0.292 e. The van der Waals surface area contributed by atoms with E-state index in [2.05, 4.69) is 14.1 Å². The number of rotatable bonds is 7. The number of nitrogens with one attached hydrogen (secondary N) is 1. The molecule has 188 valence electrons. The lowest BCUT2D eigenvalue weighted by Gasteiger charge is -2.40. The molecule has 1 aromatic heterocycles. The molecule has 1 fully saturated rings. The van der Waals surface area contributed by atoms with Gasteiger partial charge in [0.2, 0.25) is 5.13 Å². The second-order valence-electron chi connectivity index (χ2n) is 7.83. The Kier molecular flexibility index (Phi) is 7.35. The average Bonchev–Trinajstić information content (AvgIpc) is 3.28. The van der Waals surface area contributed by atoms with Crippen molar-refractivity contribution in [2.45, 2.75) is 42.8 Å². The quantitative estimate of drug-likeness (QED) is 0.436. The zero-order valence-corrected chi connectivity index (χ0v) is 19.5. The maximum atomic E-state index is 14.9. The minimum atomic E-state index is -4.78. The molecule has 1 aliphatic rings. The number of aromatic nitrogens is 2. The van der Waals surface area contributed by atoms with Gasteiger partial charge in [-0.3, -0.25) is 14.4 Å². The van der Waals surface area contributed by atoms with Crippen molar-refractivity contribution < 1.29 is 35.1 Å². The number of nitrogens with zero attached hydrogens (tertiary/aromatic N) is 3. The Hall–Kier alpha value is -2.68. The van der Waals surface area contributed by atoms with Gasteiger partial charge in [0, 0.05) is 36.2 Å². The third-order valence-corrected chi connectivity index (χ3v) is 7.56. The van der Waals surface area contributed by atoms with Crippen molar-refractivity contribution in [2.24, 2.45) is 0 Å². The van der Waals surface area contributed by atoms with Gasteiger partial charge in [0.1, 0.15) is 22.9 Å². The maximum Gasteiger partial charge on any atom is 0.522 e. The lowest BCUT2D eigenvalue weighted by molar-refractivity contribution is -0.347. The topological polar surface area (TPSA) is 84.4 Å². The molecule has 2 heterocycles. The Morgan fingerprint density at radius 3 is 2.54 bits per heavy atom. The minimum absolute atomic E-state index is 0.00808. The van der Waals surface area contributed by atoms with Crippen LogP contribution < -0.4 is 4.72 Å². The Balaban J connectivity index is 1.57. The summed E-state index contributed by atoms with van der Waals surface area (Å²) < 4.78 is 103. The molecule has 0 amide bonds. The molecule has 0 unspecified atom stereocenters. The first-order chi connectivity index (χ1) is 16.5. The molecule has 1 aliphatic heterocycles. The molecule has 0 radical (unpaired) electrons. The Morgan fingerprint density at radius 2 is 1.89 bits per heavy atom. The Labute approximate surface area is 201 Å². The van der Waals surface area contributed by atoms with Crippen LogP contribution in [-0.2, 0) is 21.3 Å². The van der Waals surface area contributed by atoms with Crippen LogP contribution in [-0.4, -0.2) is 41.7 Å². The van der Waals surface area contributed by atoms with E-state index in [0.29, 0.717) is 11.6 Å². The first-order valence-electron chi connectivity index (χ1n) is 10.3. The lowest BCUT2D eigenvalue weighted by Crippen LogP contribution is -2.41.